The highest BCUT2D eigenvalue weighted by Gasteiger charge is 2.08. The molecule has 0 fully saturated rings. The summed E-state index contributed by atoms with van der Waals surface area (Å²) in [4.78, 5) is 8.24. The van der Waals surface area contributed by atoms with Crippen LogP contribution in [-0.4, -0.2) is 30.4 Å². The molecule has 0 saturated heterocycles. The molecule has 6 nitrogen and oxygen atoms in total. The number of benzene rings is 2. The van der Waals surface area contributed by atoms with Gasteiger partial charge in [0.05, 0.1) is 0 Å². The molecule has 0 unspecified atom stereocenters. The van der Waals surface area contributed by atoms with E-state index in [1.165, 1.54) is 0 Å². The Labute approximate surface area is 148 Å². The van der Waals surface area contributed by atoms with Crippen LogP contribution in [0.5, 0.6) is 0 Å². The summed E-state index contributed by atoms with van der Waals surface area (Å²) in [6.07, 6.45) is 7.19. The summed E-state index contributed by atoms with van der Waals surface area (Å²) < 4.78 is 0. The lowest BCUT2D eigenvalue weighted by Crippen LogP contribution is -1.99. The highest BCUT2D eigenvalue weighted by Crippen LogP contribution is 2.23. The van der Waals surface area contributed by atoms with Crippen LogP contribution >= 0.6 is 0 Å². The van der Waals surface area contributed by atoms with Gasteiger partial charge in [0.2, 0.25) is 11.6 Å². The number of hydrogen-bond acceptors (Lipinski definition) is 6. The van der Waals surface area contributed by atoms with E-state index < -0.39 is 0 Å². The lowest BCUT2D eigenvalue weighted by Gasteiger charge is -2.03. The SMILES string of the molecule is c1cc2cc(-c3nnc(-c4ccc5cnccc5c4)nn3)ccc2cn1. The molecule has 6 heteroatoms. The maximum absolute atomic E-state index is 4.26. The summed E-state index contributed by atoms with van der Waals surface area (Å²) in [6, 6.07) is 15.8. The number of aromatic nitrogens is 6. The molecule has 26 heavy (non-hydrogen) atoms. The standard InChI is InChI=1S/C20H12N6/c1-3-17-11-21-7-5-13(17)9-15(1)19-23-25-20(26-24-19)16-2-4-18-12-22-8-6-14(18)10-16/h1-12H. The Hall–Kier alpha value is -3.80. The monoisotopic (exact) mass is 336 g/mol. The first-order valence-electron chi connectivity index (χ1n) is 8.12. The van der Waals surface area contributed by atoms with Gasteiger partial charge in [-0.2, -0.15) is 0 Å². The van der Waals surface area contributed by atoms with Crippen LogP contribution < -0.4 is 0 Å². The zero-order chi connectivity index (χ0) is 17.3. The molecule has 5 aromatic rings. The minimum absolute atomic E-state index is 0.498. The molecule has 0 aliphatic carbocycles. The van der Waals surface area contributed by atoms with E-state index in [0.29, 0.717) is 11.6 Å². The van der Waals surface area contributed by atoms with Gasteiger partial charge in [0.1, 0.15) is 0 Å². The van der Waals surface area contributed by atoms with Gasteiger partial charge in [-0.05, 0) is 35.0 Å². The molecule has 3 aromatic heterocycles. The summed E-state index contributed by atoms with van der Waals surface area (Å²) in [7, 11) is 0. The van der Waals surface area contributed by atoms with Gasteiger partial charge in [-0.15, -0.1) is 20.4 Å². The fraction of sp³-hybridized carbons (Fsp3) is 0. The van der Waals surface area contributed by atoms with Crippen LogP contribution in [0.3, 0.4) is 0 Å². The first-order valence-corrected chi connectivity index (χ1v) is 8.12. The Morgan fingerprint density at radius 3 is 1.38 bits per heavy atom. The van der Waals surface area contributed by atoms with Crippen molar-refractivity contribution in [2.75, 3.05) is 0 Å². The molecule has 0 bridgehead atoms. The van der Waals surface area contributed by atoms with Gasteiger partial charge in [-0.1, -0.05) is 24.3 Å². The maximum Gasteiger partial charge on any atom is 0.203 e. The number of hydrogen-bond donors (Lipinski definition) is 0. The van der Waals surface area contributed by atoms with Crippen molar-refractivity contribution in [1.82, 2.24) is 30.4 Å². The van der Waals surface area contributed by atoms with Gasteiger partial charge in [0.15, 0.2) is 0 Å². The molecule has 2 aromatic carbocycles. The normalized spacial score (nSPS) is 11.1. The summed E-state index contributed by atoms with van der Waals surface area (Å²) in [5, 5.41) is 21.3. The van der Waals surface area contributed by atoms with Gasteiger partial charge in [-0.3, -0.25) is 9.97 Å². The number of fused-ring (bicyclic) bond motifs is 2. The zero-order valence-electron chi connectivity index (χ0n) is 13.6. The highest BCUT2D eigenvalue weighted by molar-refractivity contribution is 5.86. The summed E-state index contributed by atoms with van der Waals surface area (Å²) in [6.45, 7) is 0. The van der Waals surface area contributed by atoms with Crippen LogP contribution in [0, 0.1) is 0 Å². The van der Waals surface area contributed by atoms with Gasteiger partial charge in [0, 0.05) is 46.7 Å². The molecule has 0 amide bonds. The topological polar surface area (TPSA) is 77.3 Å². The molecule has 3 heterocycles. The van der Waals surface area contributed by atoms with E-state index in [1.807, 2.05) is 60.9 Å². The summed E-state index contributed by atoms with van der Waals surface area (Å²) in [5.74, 6) is 0.995. The van der Waals surface area contributed by atoms with Crippen molar-refractivity contribution in [2.24, 2.45) is 0 Å². The van der Waals surface area contributed by atoms with Crippen molar-refractivity contribution < 1.29 is 0 Å². The van der Waals surface area contributed by atoms with E-state index in [2.05, 4.69) is 30.4 Å². The zero-order valence-corrected chi connectivity index (χ0v) is 13.6. The average molecular weight is 336 g/mol. The Morgan fingerprint density at radius 1 is 0.462 bits per heavy atom. The van der Waals surface area contributed by atoms with E-state index in [0.717, 1.165) is 32.7 Å². The smallest absolute Gasteiger partial charge is 0.203 e. The predicted octanol–water partition coefficient (Wildman–Crippen LogP) is 3.70. The van der Waals surface area contributed by atoms with Crippen LogP contribution in [0.1, 0.15) is 0 Å². The van der Waals surface area contributed by atoms with Gasteiger partial charge in [0.25, 0.3) is 0 Å². The Balaban J connectivity index is 1.52. The van der Waals surface area contributed by atoms with Gasteiger partial charge >= 0.3 is 0 Å². The first kappa shape index (κ1) is 14.5. The van der Waals surface area contributed by atoms with Crippen molar-refractivity contribution in [2.45, 2.75) is 0 Å². The maximum atomic E-state index is 4.26. The third-order valence-electron chi connectivity index (χ3n) is 4.28. The molecule has 0 atom stereocenters. The van der Waals surface area contributed by atoms with E-state index in [1.54, 1.807) is 12.4 Å². The van der Waals surface area contributed by atoms with Crippen LogP contribution in [-0.2, 0) is 0 Å². The van der Waals surface area contributed by atoms with E-state index in [4.69, 9.17) is 0 Å². The largest absolute Gasteiger partial charge is 0.264 e. The molecule has 0 spiro atoms. The average Bonchev–Trinajstić information content (AvgIpc) is 2.73. The van der Waals surface area contributed by atoms with Crippen LogP contribution in [0.4, 0.5) is 0 Å². The third kappa shape index (κ3) is 2.53. The van der Waals surface area contributed by atoms with E-state index in [-0.39, 0.29) is 0 Å². The molecule has 0 radical (unpaired) electrons. The molecule has 0 saturated carbocycles. The van der Waals surface area contributed by atoms with Crippen LogP contribution in [0.25, 0.3) is 44.3 Å². The number of nitrogens with zero attached hydrogens (tertiary/aromatic N) is 6. The Morgan fingerprint density at radius 2 is 0.923 bits per heavy atom. The fourth-order valence-electron chi connectivity index (χ4n) is 2.91. The van der Waals surface area contributed by atoms with Crippen LogP contribution in [0.15, 0.2) is 73.3 Å². The van der Waals surface area contributed by atoms with Gasteiger partial charge < -0.3 is 0 Å². The molecule has 0 N–H and O–H groups in total. The molecule has 5 rings (SSSR count). The van der Waals surface area contributed by atoms with Crippen LogP contribution in [0.2, 0.25) is 0 Å². The fourth-order valence-corrected chi connectivity index (χ4v) is 2.91. The Bertz CT molecular complexity index is 1140. The quantitative estimate of drug-likeness (QED) is 0.489. The molecular formula is C20H12N6. The molecular weight excluding hydrogens is 324 g/mol. The highest BCUT2D eigenvalue weighted by atomic mass is 15.3. The van der Waals surface area contributed by atoms with Crippen molar-refractivity contribution in [3.05, 3.63) is 73.3 Å². The van der Waals surface area contributed by atoms with Gasteiger partial charge in [-0.25, -0.2) is 0 Å². The third-order valence-corrected chi connectivity index (χ3v) is 4.28. The van der Waals surface area contributed by atoms with Crippen molar-refractivity contribution >= 4 is 21.5 Å². The molecule has 0 aliphatic rings. The minimum Gasteiger partial charge on any atom is -0.264 e. The number of pyridine rings is 2. The predicted molar refractivity (Wildman–Crippen MR) is 99.1 cm³/mol. The lowest BCUT2D eigenvalue weighted by molar-refractivity contribution is 0.877. The van der Waals surface area contributed by atoms with E-state index >= 15 is 0 Å². The lowest BCUT2D eigenvalue weighted by atomic mass is 10.1. The second kappa shape index (κ2) is 5.93. The second-order valence-corrected chi connectivity index (χ2v) is 5.92. The van der Waals surface area contributed by atoms with Crippen molar-refractivity contribution in [3.63, 3.8) is 0 Å². The van der Waals surface area contributed by atoms with Crippen molar-refractivity contribution in [1.29, 1.82) is 0 Å². The minimum atomic E-state index is 0.498. The van der Waals surface area contributed by atoms with E-state index in [9.17, 15) is 0 Å². The molecule has 0 aliphatic heterocycles. The summed E-state index contributed by atoms with van der Waals surface area (Å²) >= 11 is 0. The number of rotatable bonds is 2. The summed E-state index contributed by atoms with van der Waals surface area (Å²) in [5.41, 5.74) is 1.75. The van der Waals surface area contributed by atoms with Crippen molar-refractivity contribution in [3.8, 4) is 22.8 Å². The Kier molecular flexibility index (Phi) is 3.31. The molecule has 122 valence electrons. The second-order valence-electron chi connectivity index (χ2n) is 5.92. The first-order chi connectivity index (χ1) is 12.9.